The maximum absolute atomic E-state index is 9.48. The molecule has 0 fully saturated rings. The zero-order valence-corrected chi connectivity index (χ0v) is 9.44. The summed E-state index contributed by atoms with van der Waals surface area (Å²) in [5.74, 6) is -0.396. The van der Waals surface area contributed by atoms with E-state index in [1.165, 1.54) is 12.1 Å². The Balaban J connectivity index is 2.55. The Bertz CT molecular complexity index is 740. The van der Waals surface area contributed by atoms with E-state index in [2.05, 4.69) is 4.98 Å². The van der Waals surface area contributed by atoms with Gasteiger partial charge in [0.2, 0.25) is 0 Å². The van der Waals surface area contributed by atoms with E-state index < -0.39 is 0 Å². The molecule has 1 aromatic heterocycles. The normalized spacial score (nSPS) is 11.1. The number of nitrogens with zero attached hydrogens (tertiary/aromatic N) is 1. The summed E-state index contributed by atoms with van der Waals surface area (Å²) >= 11 is 6.27. The van der Waals surface area contributed by atoms with Crippen LogP contribution in [0.25, 0.3) is 21.8 Å². The van der Waals surface area contributed by atoms with Crippen LogP contribution in [-0.4, -0.2) is 15.2 Å². The molecule has 3 rings (SSSR count). The highest BCUT2D eigenvalue weighted by Gasteiger charge is 2.10. The first-order valence-electron chi connectivity index (χ1n) is 5.07. The minimum Gasteiger partial charge on any atom is -0.504 e. The fourth-order valence-corrected chi connectivity index (χ4v) is 2.18. The number of hydrogen-bond acceptors (Lipinski definition) is 3. The van der Waals surface area contributed by atoms with Gasteiger partial charge in [-0.05, 0) is 12.1 Å². The lowest BCUT2D eigenvalue weighted by Gasteiger charge is -2.06. The molecule has 0 aliphatic rings. The van der Waals surface area contributed by atoms with Gasteiger partial charge >= 0.3 is 0 Å². The summed E-state index contributed by atoms with van der Waals surface area (Å²) in [5.41, 5.74) is 1.32. The standard InChI is InChI=1S/C13H8ClNO2/c14-13-7-3-1-2-4-9(7)15-10-6-12(17)11(16)5-8(10)13/h1-6,16-17H. The minimum atomic E-state index is -0.198. The number of benzene rings is 2. The van der Waals surface area contributed by atoms with Gasteiger partial charge < -0.3 is 10.2 Å². The van der Waals surface area contributed by atoms with Gasteiger partial charge in [0.1, 0.15) is 0 Å². The molecule has 0 bridgehead atoms. The van der Waals surface area contributed by atoms with Gasteiger partial charge in [-0.2, -0.15) is 0 Å². The molecule has 2 N–H and O–H groups in total. The quantitative estimate of drug-likeness (QED) is 0.471. The van der Waals surface area contributed by atoms with Crippen LogP contribution >= 0.6 is 11.6 Å². The lowest BCUT2D eigenvalue weighted by molar-refractivity contribution is 0.405. The topological polar surface area (TPSA) is 53.4 Å². The number of phenolic OH excluding ortho intramolecular Hbond substituents is 2. The third-order valence-corrected chi connectivity index (χ3v) is 3.12. The van der Waals surface area contributed by atoms with Gasteiger partial charge in [0, 0.05) is 16.8 Å². The van der Waals surface area contributed by atoms with E-state index in [1.807, 2.05) is 24.3 Å². The van der Waals surface area contributed by atoms with Crippen LogP contribution < -0.4 is 0 Å². The fraction of sp³-hybridized carbons (Fsp3) is 0. The fourth-order valence-electron chi connectivity index (χ4n) is 1.87. The molecule has 0 radical (unpaired) electrons. The van der Waals surface area contributed by atoms with Gasteiger partial charge in [0.05, 0.1) is 16.1 Å². The summed E-state index contributed by atoms with van der Waals surface area (Å²) < 4.78 is 0. The van der Waals surface area contributed by atoms with Crippen LogP contribution in [0.1, 0.15) is 0 Å². The molecule has 0 aliphatic carbocycles. The number of rotatable bonds is 0. The highest BCUT2D eigenvalue weighted by Crippen LogP contribution is 2.36. The predicted molar refractivity (Wildman–Crippen MR) is 67.6 cm³/mol. The summed E-state index contributed by atoms with van der Waals surface area (Å²) in [6.07, 6.45) is 0. The number of phenols is 2. The molecule has 84 valence electrons. The molecule has 4 heteroatoms. The van der Waals surface area contributed by atoms with E-state index >= 15 is 0 Å². The Morgan fingerprint density at radius 2 is 1.59 bits per heavy atom. The van der Waals surface area contributed by atoms with Crippen molar-refractivity contribution in [2.24, 2.45) is 0 Å². The van der Waals surface area contributed by atoms with Crippen LogP contribution in [0.4, 0.5) is 0 Å². The van der Waals surface area contributed by atoms with Gasteiger partial charge in [-0.3, -0.25) is 0 Å². The first-order valence-corrected chi connectivity index (χ1v) is 5.44. The van der Waals surface area contributed by atoms with Crippen molar-refractivity contribution < 1.29 is 10.2 Å². The van der Waals surface area contributed by atoms with Gasteiger partial charge in [-0.25, -0.2) is 4.98 Å². The Morgan fingerprint density at radius 1 is 0.882 bits per heavy atom. The number of fused-ring (bicyclic) bond motifs is 2. The van der Waals surface area contributed by atoms with Crippen molar-refractivity contribution in [2.45, 2.75) is 0 Å². The molecule has 0 saturated carbocycles. The van der Waals surface area contributed by atoms with Crippen LogP contribution in [0, 0.1) is 0 Å². The third-order valence-electron chi connectivity index (χ3n) is 2.71. The molecule has 0 amide bonds. The van der Waals surface area contributed by atoms with E-state index in [9.17, 15) is 10.2 Å². The molecule has 0 atom stereocenters. The zero-order valence-electron chi connectivity index (χ0n) is 8.68. The highest BCUT2D eigenvalue weighted by molar-refractivity contribution is 6.40. The van der Waals surface area contributed by atoms with Crippen molar-refractivity contribution in [3.8, 4) is 11.5 Å². The van der Waals surface area contributed by atoms with Crippen LogP contribution in [0.2, 0.25) is 5.02 Å². The van der Waals surface area contributed by atoms with Crippen molar-refractivity contribution >= 4 is 33.4 Å². The summed E-state index contributed by atoms with van der Waals surface area (Å²) in [4.78, 5) is 4.38. The SMILES string of the molecule is Oc1cc2nc3ccccc3c(Cl)c2cc1O. The molecule has 0 aliphatic heterocycles. The first kappa shape index (κ1) is 10.2. The lowest BCUT2D eigenvalue weighted by atomic mass is 10.1. The van der Waals surface area contributed by atoms with E-state index in [1.54, 1.807) is 0 Å². The average Bonchev–Trinajstić information content (AvgIpc) is 2.32. The maximum atomic E-state index is 9.48. The zero-order chi connectivity index (χ0) is 12.0. The molecule has 3 nitrogen and oxygen atoms in total. The second kappa shape index (κ2) is 3.50. The van der Waals surface area contributed by atoms with Gasteiger partial charge in [0.25, 0.3) is 0 Å². The van der Waals surface area contributed by atoms with Crippen LogP contribution in [0.3, 0.4) is 0 Å². The summed E-state index contributed by atoms with van der Waals surface area (Å²) in [5, 5.41) is 20.9. The van der Waals surface area contributed by atoms with Crippen molar-refractivity contribution in [1.29, 1.82) is 0 Å². The second-order valence-corrected chi connectivity index (χ2v) is 4.18. The molecule has 2 aromatic carbocycles. The molecule has 1 heterocycles. The number of halogens is 1. The van der Waals surface area contributed by atoms with Gasteiger partial charge in [0.15, 0.2) is 11.5 Å². The number of hydrogen-bond donors (Lipinski definition) is 2. The van der Waals surface area contributed by atoms with Crippen molar-refractivity contribution in [3.05, 3.63) is 41.4 Å². The van der Waals surface area contributed by atoms with E-state index in [0.29, 0.717) is 15.9 Å². The molecule has 0 spiro atoms. The highest BCUT2D eigenvalue weighted by atomic mass is 35.5. The molecule has 0 saturated heterocycles. The molecule has 3 aromatic rings. The van der Waals surface area contributed by atoms with Crippen LogP contribution in [0.15, 0.2) is 36.4 Å². The Labute approximate surface area is 102 Å². The van der Waals surface area contributed by atoms with Crippen molar-refractivity contribution in [2.75, 3.05) is 0 Å². The van der Waals surface area contributed by atoms with Gasteiger partial charge in [-0.1, -0.05) is 29.8 Å². The first-order chi connectivity index (χ1) is 8.16. The number of pyridine rings is 1. The van der Waals surface area contributed by atoms with E-state index in [4.69, 9.17) is 11.6 Å². The van der Waals surface area contributed by atoms with Crippen LogP contribution in [-0.2, 0) is 0 Å². The number of para-hydroxylation sites is 1. The summed E-state index contributed by atoms with van der Waals surface area (Å²) in [6, 6.07) is 10.3. The van der Waals surface area contributed by atoms with Crippen LogP contribution in [0.5, 0.6) is 11.5 Å². The van der Waals surface area contributed by atoms with Crippen molar-refractivity contribution in [3.63, 3.8) is 0 Å². The summed E-state index contributed by atoms with van der Waals surface area (Å²) in [7, 11) is 0. The molecule has 0 unspecified atom stereocenters. The Kier molecular flexibility index (Phi) is 2.09. The monoisotopic (exact) mass is 245 g/mol. The third kappa shape index (κ3) is 1.47. The average molecular weight is 246 g/mol. The molecule has 17 heavy (non-hydrogen) atoms. The largest absolute Gasteiger partial charge is 0.504 e. The van der Waals surface area contributed by atoms with E-state index in [-0.39, 0.29) is 11.5 Å². The van der Waals surface area contributed by atoms with E-state index in [0.717, 1.165) is 10.9 Å². The maximum Gasteiger partial charge on any atom is 0.159 e. The Hall–Kier alpha value is -2.00. The number of aromatic hydroxyl groups is 2. The van der Waals surface area contributed by atoms with Gasteiger partial charge in [-0.15, -0.1) is 0 Å². The lowest BCUT2D eigenvalue weighted by Crippen LogP contribution is -1.84. The second-order valence-electron chi connectivity index (χ2n) is 3.80. The van der Waals surface area contributed by atoms with Crippen molar-refractivity contribution in [1.82, 2.24) is 4.98 Å². The summed E-state index contributed by atoms with van der Waals surface area (Å²) in [6.45, 7) is 0. The smallest absolute Gasteiger partial charge is 0.159 e. The Morgan fingerprint density at radius 3 is 2.41 bits per heavy atom. The number of aromatic nitrogens is 1. The predicted octanol–water partition coefficient (Wildman–Crippen LogP) is 3.45. The molecular formula is C13H8ClNO2. The minimum absolute atomic E-state index is 0.198. The molecular weight excluding hydrogens is 238 g/mol.